The molecule has 1 aliphatic rings. The molecule has 6 nitrogen and oxygen atoms in total. The molecule has 1 aliphatic heterocycles. The van der Waals surface area contributed by atoms with Crippen molar-refractivity contribution in [2.24, 2.45) is 5.92 Å². The largest absolute Gasteiger partial charge is 0.298 e. The van der Waals surface area contributed by atoms with Gasteiger partial charge in [0.1, 0.15) is 0 Å². The predicted octanol–water partition coefficient (Wildman–Crippen LogP) is 4.41. The maximum Gasteiger partial charge on any atom is 0.257 e. The summed E-state index contributed by atoms with van der Waals surface area (Å²) < 4.78 is 27.2. The number of anilines is 1. The molecule has 0 radical (unpaired) electrons. The average molecular weight is 456 g/mol. The third kappa shape index (κ3) is 5.20. The summed E-state index contributed by atoms with van der Waals surface area (Å²) in [6.07, 6.45) is 4.28. The summed E-state index contributed by atoms with van der Waals surface area (Å²) in [6.45, 7) is 3.23. The molecule has 162 valence electrons. The zero-order valence-electron chi connectivity index (χ0n) is 17.3. The van der Waals surface area contributed by atoms with Crippen LogP contribution in [0.25, 0.3) is 0 Å². The van der Waals surface area contributed by atoms with Crippen molar-refractivity contribution < 1.29 is 13.2 Å². The Morgan fingerprint density at radius 2 is 1.77 bits per heavy atom. The van der Waals surface area contributed by atoms with E-state index in [1.54, 1.807) is 18.3 Å². The molecule has 8 heteroatoms. The minimum Gasteiger partial charge on any atom is -0.298 e. The number of nitrogens with one attached hydrogen (secondary N) is 1. The molecule has 1 N–H and O–H groups in total. The highest BCUT2D eigenvalue weighted by Crippen LogP contribution is 2.25. The highest BCUT2D eigenvalue weighted by Gasteiger charge is 2.28. The van der Waals surface area contributed by atoms with Crippen LogP contribution in [0.4, 0.5) is 5.13 Å². The van der Waals surface area contributed by atoms with Gasteiger partial charge in [0.25, 0.3) is 5.91 Å². The van der Waals surface area contributed by atoms with E-state index in [2.05, 4.69) is 29.4 Å². The number of amides is 1. The number of hydrogen-bond acceptors (Lipinski definition) is 5. The van der Waals surface area contributed by atoms with E-state index < -0.39 is 10.0 Å². The first-order valence-electron chi connectivity index (χ1n) is 10.3. The summed E-state index contributed by atoms with van der Waals surface area (Å²) in [5.74, 6) is 0.243. The minimum atomic E-state index is -3.52. The number of carbonyl (C=O) groups excluding carboxylic acids is 1. The number of carbonyl (C=O) groups is 1. The lowest BCUT2D eigenvalue weighted by atomic mass is 10.0. The molecule has 3 aromatic rings. The fourth-order valence-corrected chi connectivity index (χ4v) is 5.88. The highest BCUT2D eigenvalue weighted by molar-refractivity contribution is 7.89. The van der Waals surface area contributed by atoms with Gasteiger partial charge in [0.05, 0.1) is 4.90 Å². The Hall–Kier alpha value is -2.55. The Kier molecular flexibility index (Phi) is 6.50. The third-order valence-electron chi connectivity index (χ3n) is 5.49. The van der Waals surface area contributed by atoms with Gasteiger partial charge in [0, 0.05) is 36.1 Å². The SMILES string of the molecule is CC1CCN(S(=O)(=O)c2ccc(C(=O)Nc3ncc(Cc4ccccc4)s3)cc2)CC1. The van der Waals surface area contributed by atoms with Crippen LogP contribution in [0, 0.1) is 5.92 Å². The molecular formula is C23H25N3O3S2. The van der Waals surface area contributed by atoms with Gasteiger partial charge in [-0.2, -0.15) is 4.31 Å². The quantitative estimate of drug-likeness (QED) is 0.597. The van der Waals surface area contributed by atoms with Crippen LogP contribution in [0.2, 0.25) is 0 Å². The van der Waals surface area contributed by atoms with Crippen LogP contribution in [0.3, 0.4) is 0 Å². The molecule has 2 heterocycles. The summed E-state index contributed by atoms with van der Waals surface area (Å²) in [4.78, 5) is 18.1. The fourth-order valence-electron chi connectivity index (χ4n) is 3.57. The molecule has 1 amide bonds. The van der Waals surface area contributed by atoms with E-state index in [9.17, 15) is 13.2 Å². The van der Waals surface area contributed by atoms with Gasteiger partial charge in [-0.3, -0.25) is 10.1 Å². The van der Waals surface area contributed by atoms with Crippen LogP contribution in [-0.2, 0) is 16.4 Å². The van der Waals surface area contributed by atoms with Gasteiger partial charge < -0.3 is 0 Å². The maximum absolute atomic E-state index is 12.8. The molecule has 1 saturated heterocycles. The molecule has 1 aromatic heterocycles. The molecular weight excluding hydrogens is 430 g/mol. The zero-order valence-corrected chi connectivity index (χ0v) is 19.0. The lowest BCUT2D eigenvalue weighted by molar-refractivity contribution is 0.102. The number of benzene rings is 2. The van der Waals surface area contributed by atoms with Crippen molar-refractivity contribution in [1.82, 2.24) is 9.29 Å². The van der Waals surface area contributed by atoms with E-state index in [0.717, 1.165) is 24.1 Å². The van der Waals surface area contributed by atoms with Gasteiger partial charge in [-0.25, -0.2) is 13.4 Å². The first kappa shape index (κ1) is 21.7. The van der Waals surface area contributed by atoms with Crippen LogP contribution in [0.1, 0.15) is 40.6 Å². The summed E-state index contributed by atoms with van der Waals surface area (Å²) in [7, 11) is -3.52. The first-order valence-corrected chi connectivity index (χ1v) is 12.6. The molecule has 0 saturated carbocycles. The van der Waals surface area contributed by atoms with Crippen LogP contribution >= 0.6 is 11.3 Å². The molecule has 4 rings (SSSR count). The van der Waals surface area contributed by atoms with Gasteiger partial charge >= 0.3 is 0 Å². The normalized spacial score (nSPS) is 15.6. The maximum atomic E-state index is 12.8. The molecule has 0 spiro atoms. The van der Waals surface area contributed by atoms with Gasteiger partial charge in [-0.1, -0.05) is 37.3 Å². The molecule has 1 fully saturated rings. The molecule has 0 bridgehead atoms. The number of nitrogens with zero attached hydrogens (tertiary/aromatic N) is 2. The van der Waals surface area contributed by atoms with Gasteiger partial charge in [-0.15, -0.1) is 11.3 Å². The summed E-state index contributed by atoms with van der Waals surface area (Å²) in [6, 6.07) is 16.2. The zero-order chi connectivity index (χ0) is 21.8. The summed E-state index contributed by atoms with van der Waals surface area (Å²) >= 11 is 1.43. The number of sulfonamides is 1. The van der Waals surface area contributed by atoms with Gasteiger partial charge in [-0.05, 0) is 48.6 Å². The monoisotopic (exact) mass is 455 g/mol. The minimum absolute atomic E-state index is 0.220. The number of rotatable bonds is 6. The average Bonchev–Trinajstić information content (AvgIpc) is 3.21. The first-order chi connectivity index (χ1) is 14.9. The van der Waals surface area contributed by atoms with E-state index in [0.29, 0.717) is 29.7 Å². The van der Waals surface area contributed by atoms with Crippen molar-refractivity contribution in [3.8, 4) is 0 Å². The van der Waals surface area contributed by atoms with Crippen molar-refractivity contribution in [3.63, 3.8) is 0 Å². The van der Waals surface area contributed by atoms with Crippen LogP contribution < -0.4 is 5.32 Å². The molecule has 0 aliphatic carbocycles. The Morgan fingerprint density at radius 3 is 2.45 bits per heavy atom. The number of thiazole rings is 1. The number of hydrogen-bond donors (Lipinski definition) is 1. The van der Waals surface area contributed by atoms with Gasteiger partial charge in [0.15, 0.2) is 5.13 Å². The Labute approximate surface area is 187 Å². The molecule has 0 atom stereocenters. The highest BCUT2D eigenvalue weighted by atomic mass is 32.2. The van der Waals surface area contributed by atoms with E-state index in [4.69, 9.17) is 0 Å². The van der Waals surface area contributed by atoms with Crippen molar-refractivity contribution in [2.45, 2.75) is 31.1 Å². The summed E-state index contributed by atoms with van der Waals surface area (Å²) in [5.41, 5.74) is 1.58. The molecule has 2 aromatic carbocycles. The smallest absolute Gasteiger partial charge is 0.257 e. The molecule has 31 heavy (non-hydrogen) atoms. The van der Waals surface area contributed by atoms with Crippen molar-refractivity contribution in [3.05, 3.63) is 76.8 Å². The Morgan fingerprint density at radius 1 is 1.10 bits per heavy atom. The Balaban J connectivity index is 1.40. The van der Waals surface area contributed by atoms with E-state index >= 15 is 0 Å². The number of aromatic nitrogens is 1. The second-order valence-electron chi connectivity index (χ2n) is 7.86. The predicted molar refractivity (Wildman–Crippen MR) is 123 cm³/mol. The second-order valence-corrected chi connectivity index (χ2v) is 10.9. The fraction of sp³-hybridized carbons (Fsp3) is 0.304. The number of piperidine rings is 1. The Bertz CT molecular complexity index is 1130. The van der Waals surface area contributed by atoms with Crippen LogP contribution in [0.15, 0.2) is 65.7 Å². The van der Waals surface area contributed by atoms with Crippen LogP contribution in [-0.4, -0.2) is 36.7 Å². The topological polar surface area (TPSA) is 79.4 Å². The van der Waals surface area contributed by atoms with E-state index in [1.807, 2.05) is 18.2 Å². The lowest BCUT2D eigenvalue weighted by Crippen LogP contribution is -2.37. The standard InChI is InChI=1S/C23H25N3O3S2/c1-17-11-13-26(14-12-17)31(28,29)21-9-7-19(8-10-21)22(27)25-23-24-16-20(30-23)15-18-5-3-2-4-6-18/h2-10,16-17H,11-15H2,1H3,(H,24,25,27). The molecule has 0 unspecified atom stereocenters. The van der Waals surface area contributed by atoms with Gasteiger partial charge in [0.2, 0.25) is 10.0 Å². The van der Waals surface area contributed by atoms with Crippen molar-refractivity contribution in [2.75, 3.05) is 18.4 Å². The lowest BCUT2D eigenvalue weighted by Gasteiger charge is -2.29. The van der Waals surface area contributed by atoms with Crippen molar-refractivity contribution >= 4 is 32.4 Å². The summed E-state index contributed by atoms with van der Waals surface area (Å²) in [5, 5.41) is 3.32. The van der Waals surface area contributed by atoms with Crippen LogP contribution in [0.5, 0.6) is 0 Å². The van der Waals surface area contributed by atoms with E-state index in [-0.39, 0.29) is 10.8 Å². The van der Waals surface area contributed by atoms with Crippen molar-refractivity contribution in [1.29, 1.82) is 0 Å². The van der Waals surface area contributed by atoms with E-state index in [1.165, 1.54) is 33.3 Å². The third-order valence-corrected chi connectivity index (χ3v) is 8.32. The second kappa shape index (κ2) is 9.30.